The third-order valence-corrected chi connectivity index (χ3v) is 5.15. The average Bonchev–Trinajstić information content (AvgIpc) is 2.61. The first-order valence-corrected chi connectivity index (χ1v) is 9.79. The van der Waals surface area contributed by atoms with Crippen LogP contribution in [-0.4, -0.2) is 23.9 Å². The summed E-state index contributed by atoms with van der Waals surface area (Å²) in [5.74, 6) is -0.408. The SMILES string of the molecule is CCC(C)(C)NC(=O)c1ccc(NCC(=O)Nc2ccccc2Br)cc1Cl. The van der Waals surface area contributed by atoms with E-state index in [1.54, 1.807) is 18.2 Å². The molecular weight excluding hydrogens is 430 g/mol. The molecule has 0 spiro atoms. The minimum atomic E-state index is -0.304. The molecule has 144 valence electrons. The van der Waals surface area contributed by atoms with Crippen LogP contribution in [0.3, 0.4) is 0 Å². The van der Waals surface area contributed by atoms with Gasteiger partial charge in [-0.05, 0) is 66.5 Å². The minimum Gasteiger partial charge on any atom is -0.376 e. The lowest BCUT2D eigenvalue weighted by Crippen LogP contribution is -2.42. The zero-order valence-corrected chi connectivity index (χ0v) is 17.9. The molecule has 2 amide bonds. The summed E-state index contributed by atoms with van der Waals surface area (Å²) in [6.07, 6.45) is 0.808. The van der Waals surface area contributed by atoms with E-state index < -0.39 is 0 Å². The highest BCUT2D eigenvalue weighted by Gasteiger charge is 2.20. The van der Waals surface area contributed by atoms with Crippen LogP contribution in [-0.2, 0) is 4.79 Å². The Balaban J connectivity index is 1.96. The monoisotopic (exact) mass is 451 g/mol. The van der Waals surface area contributed by atoms with Crippen LogP contribution in [0.1, 0.15) is 37.6 Å². The van der Waals surface area contributed by atoms with E-state index in [0.29, 0.717) is 22.0 Å². The lowest BCUT2D eigenvalue weighted by Gasteiger charge is -2.24. The summed E-state index contributed by atoms with van der Waals surface area (Å²) in [5.41, 5.74) is 1.46. The van der Waals surface area contributed by atoms with Crippen LogP contribution < -0.4 is 16.0 Å². The molecule has 0 saturated carbocycles. The standard InChI is InChI=1S/C20H23BrClN3O2/c1-4-20(2,3)25-19(27)14-10-9-13(11-16(14)22)23-12-18(26)24-17-8-6-5-7-15(17)21/h5-11,23H,4,12H2,1-3H3,(H,24,26)(H,25,27). The van der Waals surface area contributed by atoms with Crippen LogP contribution in [0.4, 0.5) is 11.4 Å². The Kier molecular flexibility index (Phi) is 7.27. The van der Waals surface area contributed by atoms with Crippen LogP contribution in [0.2, 0.25) is 5.02 Å². The van der Waals surface area contributed by atoms with Gasteiger partial charge in [0.15, 0.2) is 0 Å². The Bertz CT molecular complexity index is 840. The molecule has 2 aromatic carbocycles. The predicted octanol–water partition coefficient (Wildman–Crippen LogP) is 5.07. The highest BCUT2D eigenvalue weighted by molar-refractivity contribution is 9.10. The second-order valence-electron chi connectivity index (χ2n) is 6.77. The number of amides is 2. The number of hydrogen-bond donors (Lipinski definition) is 3. The van der Waals surface area contributed by atoms with Crippen molar-refractivity contribution in [3.63, 3.8) is 0 Å². The van der Waals surface area contributed by atoms with Crippen molar-refractivity contribution in [2.45, 2.75) is 32.7 Å². The van der Waals surface area contributed by atoms with E-state index in [1.165, 1.54) is 0 Å². The topological polar surface area (TPSA) is 70.2 Å². The van der Waals surface area contributed by atoms with Gasteiger partial charge in [0, 0.05) is 15.7 Å². The third kappa shape index (κ3) is 6.26. The van der Waals surface area contributed by atoms with Crippen molar-refractivity contribution in [3.8, 4) is 0 Å². The van der Waals surface area contributed by atoms with Crippen LogP contribution in [0.5, 0.6) is 0 Å². The Morgan fingerprint density at radius 1 is 1.15 bits per heavy atom. The van der Waals surface area contributed by atoms with Gasteiger partial charge in [-0.3, -0.25) is 9.59 Å². The van der Waals surface area contributed by atoms with Gasteiger partial charge >= 0.3 is 0 Å². The van der Waals surface area contributed by atoms with Crippen molar-refractivity contribution in [3.05, 3.63) is 57.5 Å². The van der Waals surface area contributed by atoms with E-state index in [0.717, 1.165) is 10.9 Å². The molecule has 0 aliphatic rings. The van der Waals surface area contributed by atoms with Crippen LogP contribution in [0, 0.1) is 0 Å². The van der Waals surface area contributed by atoms with Crippen LogP contribution in [0.15, 0.2) is 46.9 Å². The highest BCUT2D eigenvalue weighted by atomic mass is 79.9. The van der Waals surface area contributed by atoms with E-state index in [4.69, 9.17) is 11.6 Å². The number of benzene rings is 2. The fourth-order valence-corrected chi connectivity index (χ4v) is 2.86. The number of hydrogen-bond acceptors (Lipinski definition) is 3. The molecule has 0 radical (unpaired) electrons. The molecule has 5 nitrogen and oxygen atoms in total. The maximum absolute atomic E-state index is 12.4. The zero-order valence-electron chi connectivity index (χ0n) is 15.5. The zero-order chi connectivity index (χ0) is 20.0. The van der Waals surface area contributed by atoms with Crippen molar-refractivity contribution in [2.24, 2.45) is 0 Å². The van der Waals surface area contributed by atoms with E-state index in [1.807, 2.05) is 45.0 Å². The van der Waals surface area contributed by atoms with Crippen molar-refractivity contribution in [1.29, 1.82) is 0 Å². The minimum absolute atomic E-state index is 0.0755. The summed E-state index contributed by atoms with van der Waals surface area (Å²) in [4.78, 5) is 24.5. The molecule has 0 heterocycles. The first-order chi connectivity index (χ1) is 12.7. The number of halogens is 2. The fraction of sp³-hybridized carbons (Fsp3) is 0.300. The smallest absolute Gasteiger partial charge is 0.253 e. The Hall–Kier alpha value is -2.05. The van der Waals surface area contributed by atoms with Gasteiger partial charge in [-0.15, -0.1) is 0 Å². The summed E-state index contributed by atoms with van der Waals surface area (Å²) in [5, 5.41) is 9.10. The largest absolute Gasteiger partial charge is 0.376 e. The van der Waals surface area contributed by atoms with Crippen molar-refractivity contribution >= 4 is 50.7 Å². The maximum atomic E-state index is 12.4. The molecular formula is C20H23BrClN3O2. The number of rotatable bonds is 7. The second-order valence-corrected chi connectivity index (χ2v) is 8.03. The molecule has 2 aromatic rings. The van der Waals surface area contributed by atoms with Gasteiger partial charge in [0.05, 0.1) is 22.8 Å². The van der Waals surface area contributed by atoms with Gasteiger partial charge in [-0.2, -0.15) is 0 Å². The Labute approximate surface area is 173 Å². The fourth-order valence-electron chi connectivity index (χ4n) is 2.21. The molecule has 0 atom stereocenters. The van der Waals surface area contributed by atoms with Crippen LogP contribution in [0.25, 0.3) is 0 Å². The van der Waals surface area contributed by atoms with Gasteiger partial charge in [0.1, 0.15) is 0 Å². The number of nitrogens with one attached hydrogen (secondary N) is 3. The predicted molar refractivity (Wildman–Crippen MR) is 115 cm³/mol. The lowest BCUT2D eigenvalue weighted by molar-refractivity contribution is -0.114. The van der Waals surface area contributed by atoms with Gasteiger partial charge in [0.2, 0.25) is 5.91 Å². The van der Waals surface area contributed by atoms with E-state index in [-0.39, 0.29) is 23.9 Å². The summed E-state index contributed by atoms with van der Waals surface area (Å²) < 4.78 is 0.812. The number of para-hydroxylation sites is 1. The van der Waals surface area contributed by atoms with Gasteiger partial charge in [-0.1, -0.05) is 30.7 Å². The Morgan fingerprint density at radius 3 is 2.48 bits per heavy atom. The molecule has 0 fully saturated rings. The maximum Gasteiger partial charge on any atom is 0.253 e. The molecule has 0 aromatic heterocycles. The normalized spacial score (nSPS) is 11.0. The second kappa shape index (κ2) is 9.24. The molecule has 0 bridgehead atoms. The summed E-state index contributed by atoms with van der Waals surface area (Å²) in [6, 6.07) is 12.4. The van der Waals surface area contributed by atoms with Gasteiger partial charge in [0.25, 0.3) is 5.91 Å². The van der Waals surface area contributed by atoms with Crippen molar-refractivity contribution in [2.75, 3.05) is 17.2 Å². The quantitative estimate of drug-likeness (QED) is 0.549. The van der Waals surface area contributed by atoms with Crippen molar-refractivity contribution in [1.82, 2.24) is 5.32 Å². The van der Waals surface area contributed by atoms with E-state index in [9.17, 15) is 9.59 Å². The number of anilines is 2. The number of carbonyl (C=O) groups is 2. The van der Waals surface area contributed by atoms with Gasteiger partial charge < -0.3 is 16.0 Å². The first kappa shape index (κ1) is 21.3. The molecule has 27 heavy (non-hydrogen) atoms. The number of carbonyl (C=O) groups excluding carboxylic acids is 2. The van der Waals surface area contributed by atoms with E-state index in [2.05, 4.69) is 31.9 Å². The van der Waals surface area contributed by atoms with Crippen LogP contribution >= 0.6 is 27.5 Å². The molecule has 2 rings (SSSR count). The Morgan fingerprint density at radius 2 is 1.85 bits per heavy atom. The third-order valence-electron chi connectivity index (χ3n) is 4.15. The molecule has 3 N–H and O–H groups in total. The summed E-state index contributed by atoms with van der Waals surface area (Å²) in [6.45, 7) is 6.00. The average molecular weight is 453 g/mol. The molecule has 0 aliphatic carbocycles. The summed E-state index contributed by atoms with van der Waals surface area (Å²) >= 11 is 9.64. The lowest BCUT2D eigenvalue weighted by atomic mass is 10.0. The molecule has 7 heteroatoms. The van der Waals surface area contributed by atoms with Gasteiger partial charge in [-0.25, -0.2) is 0 Å². The molecule has 0 aliphatic heterocycles. The highest BCUT2D eigenvalue weighted by Crippen LogP contribution is 2.23. The summed E-state index contributed by atoms with van der Waals surface area (Å²) in [7, 11) is 0. The molecule has 0 saturated heterocycles. The van der Waals surface area contributed by atoms with E-state index >= 15 is 0 Å². The first-order valence-electron chi connectivity index (χ1n) is 8.62. The molecule has 0 unspecified atom stereocenters. The van der Waals surface area contributed by atoms with Crippen molar-refractivity contribution < 1.29 is 9.59 Å².